The van der Waals surface area contributed by atoms with Gasteiger partial charge in [-0.05, 0) is 36.5 Å². The fourth-order valence-corrected chi connectivity index (χ4v) is 5.11. The standard InChI is InChI=1S/C17H22Br2O2/c18-14-11-16-15(20-8-9-21-16)10-13(14)17(19)12-6-4-2-1-3-5-7-12/h10-12,17H,1-9H2. The van der Waals surface area contributed by atoms with Crippen molar-refractivity contribution in [1.82, 2.24) is 0 Å². The Morgan fingerprint density at radius 1 is 0.905 bits per heavy atom. The van der Waals surface area contributed by atoms with Gasteiger partial charge in [-0.25, -0.2) is 0 Å². The van der Waals surface area contributed by atoms with E-state index < -0.39 is 0 Å². The minimum Gasteiger partial charge on any atom is -0.486 e. The molecule has 1 aromatic carbocycles. The zero-order valence-corrected chi connectivity index (χ0v) is 15.4. The lowest BCUT2D eigenvalue weighted by molar-refractivity contribution is 0.171. The van der Waals surface area contributed by atoms with E-state index in [0.717, 1.165) is 16.0 Å². The summed E-state index contributed by atoms with van der Waals surface area (Å²) in [6.07, 6.45) is 9.53. The molecule has 1 aliphatic carbocycles. The van der Waals surface area contributed by atoms with Crippen LogP contribution < -0.4 is 9.47 Å². The number of fused-ring (bicyclic) bond motifs is 1. The Labute approximate surface area is 143 Å². The van der Waals surface area contributed by atoms with E-state index >= 15 is 0 Å². The first kappa shape index (κ1) is 15.7. The Hall–Kier alpha value is -0.220. The molecule has 4 heteroatoms. The molecule has 0 bridgehead atoms. The lowest BCUT2D eigenvalue weighted by Gasteiger charge is -2.27. The van der Waals surface area contributed by atoms with E-state index in [4.69, 9.17) is 9.47 Å². The number of benzene rings is 1. The summed E-state index contributed by atoms with van der Waals surface area (Å²) in [5, 5.41) is 0. The molecule has 0 N–H and O–H groups in total. The largest absolute Gasteiger partial charge is 0.486 e. The second-order valence-electron chi connectivity index (χ2n) is 6.02. The van der Waals surface area contributed by atoms with Crippen LogP contribution in [0.2, 0.25) is 0 Å². The highest BCUT2D eigenvalue weighted by molar-refractivity contribution is 9.11. The summed E-state index contributed by atoms with van der Waals surface area (Å²) >= 11 is 7.67. The third-order valence-electron chi connectivity index (χ3n) is 4.52. The first-order chi connectivity index (χ1) is 10.3. The Bertz CT molecular complexity index is 482. The van der Waals surface area contributed by atoms with Crippen molar-refractivity contribution in [3.63, 3.8) is 0 Å². The summed E-state index contributed by atoms with van der Waals surface area (Å²) in [6, 6.07) is 4.21. The summed E-state index contributed by atoms with van der Waals surface area (Å²) in [7, 11) is 0. The van der Waals surface area contributed by atoms with Crippen molar-refractivity contribution in [3.8, 4) is 11.5 Å². The zero-order valence-electron chi connectivity index (χ0n) is 12.2. The molecule has 1 saturated carbocycles. The van der Waals surface area contributed by atoms with Gasteiger partial charge < -0.3 is 9.47 Å². The average molecular weight is 418 g/mol. The van der Waals surface area contributed by atoms with Gasteiger partial charge in [0.25, 0.3) is 0 Å². The molecule has 2 nitrogen and oxygen atoms in total. The minimum atomic E-state index is 0.390. The van der Waals surface area contributed by atoms with Crippen LogP contribution in [-0.4, -0.2) is 13.2 Å². The predicted molar refractivity (Wildman–Crippen MR) is 92.6 cm³/mol. The van der Waals surface area contributed by atoms with E-state index in [2.05, 4.69) is 44.0 Å². The monoisotopic (exact) mass is 416 g/mol. The maximum absolute atomic E-state index is 5.73. The fraction of sp³-hybridized carbons (Fsp3) is 0.647. The smallest absolute Gasteiger partial charge is 0.162 e. The van der Waals surface area contributed by atoms with Crippen molar-refractivity contribution >= 4 is 31.9 Å². The van der Waals surface area contributed by atoms with E-state index in [9.17, 15) is 0 Å². The Morgan fingerprint density at radius 3 is 2.14 bits per heavy atom. The van der Waals surface area contributed by atoms with Crippen molar-refractivity contribution in [2.75, 3.05) is 13.2 Å². The topological polar surface area (TPSA) is 18.5 Å². The molecule has 116 valence electrons. The van der Waals surface area contributed by atoms with Crippen molar-refractivity contribution in [1.29, 1.82) is 0 Å². The van der Waals surface area contributed by atoms with Crippen molar-refractivity contribution in [2.24, 2.45) is 5.92 Å². The Balaban J connectivity index is 1.80. The summed E-state index contributed by atoms with van der Waals surface area (Å²) in [4.78, 5) is 0.390. The number of hydrogen-bond acceptors (Lipinski definition) is 2. The van der Waals surface area contributed by atoms with Crippen LogP contribution in [0.3, 0.4) is 0 Å². The Morgan fingerprint density at radius 2 is 1.48 bits per heavy atom. The zero-order chi connectivity index (χ0) is 14.7. The normalized spacial score (nSPS) is 21.4. The summed E-state index contributed by atoms with van der Waals surface area (Å²) in [5.41, 5.74) is 1.30. The van der Waals surface area contributed by atoms with Crippen LogP contribution >= 0.6 is 31.9 Å². The van der Waals surface area contributed by atoms with E-state index in [1.807, 2.05) is 0 Å². The van der Waals surface area contributed by atoms with Gasteiger partial charge >= 0.3 is 0 Å². The molecule has 0 aromatic heterocycles. The third-order valence-corrected chi connectivity index (χ3v) is 6.45. The highest BCUT2D eigenvalue weighted by Crippen LogP contribution is 2.45. The molecule has 1 unspecified atom stereocenters. The van der Waals surface area contributed by atoms with Gasteiger partial charge in [-0.15, -0.1) is 0 Å². The average Bonchev–Trinajstić information content (AvgIpc) is 2.45. The lowest BCUT2D eigenvalue weighted by atomic mass is 9.86. The van der Waals surface area contributed by atoms with E-state index in [1.54, 1.807) is 0 Å². The maximum Gasteiger partial charge on any atom is 0.162 e. The van der Waals surface area contributed by atoms with Gasteiger partial charge in [0.05, 0.1) is 0 Å². The fourth-order valence-electron chi connectivity index (χ4n) is 3.33. The van der Waals surface area contributed by atoms with Gasteiger partial charge in [0, 0.05) is 9.30 Å². The SMILES string of the molecule is Brc1cc2c(cc1C(Br)C1CCCCCCC1)OCCO2. The van der Waals surface area contributed by atoms with Crippen LogP contribution in [0.25, 0.3) is 0 Å². The number of hydrogen-bond donors (Lipinski definition) is 0. The molecular weight excluding hydrogens is 396 g/mol. The summed E-state index contributed by atoms with van der Waals surface area (Å²) < 4.78 is 12.5. The molecule has 1 atom stereocenters. The van der Waals surface area contributed by atoms with Gasteiger partial charge in [-0.1, -0.05) is 64.0 Å². The van der Waals surface area contributed by atoms with Gasteiger partial charge in [0.2, 0.25) is 0 Å². The van der Waals surface area contributed by atoms with Gasteiger partial charge in [-0.2, -0.15) is 0 Å². The van der Waals surface area contributed by atoms with Crippen LogP contribution in [0.15, 0.2) is 16.6 Å². The number of halogens is 2. The van der Waals surface area contributed by atoms with Crippen LogP contribution in [0.4, 0.5) is 0 Å². The molecule has 1 aliphatic heterocycles. The van der Waals surface area contributed by atoms with Crippen LogP contribution in [-0.2, 0) is 0 Å². The molecule has 3 rings (SSSR count). The van der Waals surface area contributed by atoms with E-state index in [0.29, 0.717) is 24.0 Å². The minimum absolute atomic E-state index is 0.390. The Kier molecular flexibility index (Phi) is 5.49. The number of ether oxygens (including phenoxy) is 2. The molecule has 0 spiro atoms. The van der Waals surface area contributed by atoms with E-state index in [1.165, 1.54) is 50.5 Å². The van der Waals surface area contributed by atoms with E-state index in [-0.39, 0.29) is 0 Å². The molecule has 0 radical (unpaired) electrons. The molecule has 1 fully saturated rings. The lowest BCUT2D eigenvalue weighted by Crippen LogP contribution is -2.16. The molecule has 1 aromatic rings. The molecule has 1 heterocycles. The van der Waals surface area contributed by atoms with Crippen LogP contribution in [0.1, 0.15) is 55.3 Å². The number of rotatable bonds is 2. The van der Waals surface area contributed by atoms with Gasteiger partial charge in [-0.3, -0.25) is 0 Å². The molecular formula is C17H22Br2O2. The first-order valence-electron chi connectivity index (χ1n) is 7.99. The highest BCUT2D eigenvalue weighted by atomic mass is 79.9. The summed E-state index contributed by atoms with van der Waals surface area (Å²) in [5.74, 6) is 2.45. The van der Waals surface area contributed by atoms with Crippen LogP contribution in [0.5, 0.6) is 11.5 Å². The third kappa shape index (κ3) is 3.76. The van der Waals surface area contributed by atoms with Crippen molar-refractivity contribution in [3.05, 3.63) is 22.2 Å². The van der Waals surface area contributed by atoms with Gasteiger partial charge in [0.1, 0.15) is 13.2 Å². The van der Waals surface area contributed by atoms with Crippen LogP contribution in [0, 0.1) is 5.92 Å². The second-order valence-corrected chi connectivity index (χ2v) is 7.87. The molecule has 0 saturated heterocycles. The quantitative estimate of drug-likeness (QED) is 0.548. The second kappa shape index (κ2) is 7.36. The summed E-state index contributed by atoms with van der Waals surface area (Å²) in [6.45, 7) is 1.28. The number of alkyl halides is 1. The molecule has 2 aliphatic rings. The van der Waals surface area contributed by atoms with Crippen molar-refractivity contribution < 1.29 is 9.47 Å². The molecule has 0 amide bonds. The predicted octanol–water partition coefficient (Wildman–Crippen LogP) is 6.02. The highest BCUT2D eigenvalue weighted by Gasteiger charge is 2.25. The molecule has 21 heavy (non-hydrogen) atoms. The first-order valence-corrected chi connectivity index (χ1v) is 9.69. The van der Waals surface area contributed by atoms with Gasteiger partial charge in [0.15, 0.2) is 11.5 Å². The van der Waals surface area contributed by atoms with Crippen molar-refractivity contribution in [2.45, 2.75) is 49.8 Å². The maximum atomic E-state index is 5.73.